The Hall–Kier alpha value is -0.670. The van der Waals surface area contributed by atoms with Crippen LogP contribution in [0.2, 0.25) is 4.34 Å². The molecule has 6 nitrogen and oxygen atoms in total. The molecule has 1 amide bonds. The van der Waals surface area contributed by atoms with Crippen LogP contribution in [-0.4, -0.2) is 61.8 Å². The van der Waals surface area contributed by atoms with E-state index in [0.717, 1.165) is 24.2 Å². The average molecular weight is 448 g/mol. The smallest absolute Gasteiger partial charge is 0.252 e. The molecule has 4 atom stereocenters. The van der Waals surface area contributed by atoms with Gasteiger partial charge in [0.2, 0.25) is 5.91 Å². The summed E-state index contributed by atoms with van der Waals surface area (Å²) in [5.41, 5.74) is 0. The van der Waals surface area contributed by atoms with Crippen molar-refractivity contribution in [1.82, 2.24) is 14.5 Å². The monoisotopic (exact) mass is 447 g/mol. The maximum absolute atomic E-state index is 12.8. The second kappa shape index (κ2) is 9.00. The Kier molecular flexibility index (Phi) is 7.08. The van der Waals surface area contributed by atoms with Crippen LogP contribution in [0.3, 0.4) is 0 Å². The summed E-state index contributed by atoms with van der Waals surface area (Å²) >= 11 is 6.97. The average Bonchev–Trinajstić information content (AvgIpc) is 3.12. The number of hydrogen-bond acceptors (Lipinski definition) is 5. The minimum atomic E-state index is -3.51. The Bertz CT molecular complexity index is 790. The van der Waals surface area contributed by atoms with E-state index in [1.54, 1.807) is 12.1 Å². The molecule has 9 heteroatoms. The molecule has 1 aromatic heterocycles. The fourth-order valence-corrected chi connectivity index (χ4v) is 7.21. The van der Waals surface area contributed by atoms with Crippen LogP contribution in [0.15, 0.2) is 16.3 Å². The molecule has 1 aliphatic carbocycles. The molecular formula is C19H30ClN3O3S2. The van der Waals surface area contributed by atoms with Gasteiger partial charge in [0, 0.05) is 32.2 Å². The van der Waals surface area contributed by atoms with E-state index >= 15 is 0 Å². The molecule has 2 aliphatic rings. The topological polar surface area (TPSA) is 69.7 Å². The van der Waals surface area contributed by atoms with E-state index in [9.17, 15) is 13.2 Å². The third kappa shape index (κ3) is 4.73. The van der Waals surface area contributed by atoms with Crippen LogP contribution < -0.4 is 5.32 Å². The van der Waals surface area contributed by atoms with Gasteiger partial charge >= 0.3 is 0 Å². The van der Waals surface area contributed by atoms with Gasteiger partial charge in [-0.05, 0) is 37.3 Å². The van der Waals surface area contributed by atoms with Crippen molar-refractivity contribution < 1.29 is 13.2 Å². The first-order valence-electron chi connectivity index (χ1n) is 10.00. The van der Waals surface area contributed by atoms with Gasteiger partial charge in [-0.15, -0.1) is 11.3 Å². The molecule has 158 valence electrons. The maximum Gasteiger partial charge on any atom is 0.252 e. The second-order valence-electron chi connectivity index (χ2n) is 8.06. The second-order valence-corrected chi connectivity index (χ2v) is 11.9. The van der Waals surface area contributed by atoms with Crippen molar-refractivity contribution in [2.75, 3.05) is 26.2 Å². The fourth-order valence-electron chi connectivity index (χ4n) is 4.15. The normalized spacial score (nSPS) is 28.8. The van der Waals surface area contributed by atoms with E-state index in [1.807, 2.05) is 6.92 Å². The van der Waals surface area contributed by atoms with Crippen molar-refractivity contribution in [2.45, 2.75) is 56.3 Å². The zero-order valence-electron chi connectivity index (χ0n) is 16.7. The van der Waals surface area contributed by atoms with Gasteiger partial charge < -0.3 is 5.32 Å². The number of nitrogens with zero attached hydrogens (tertiary/aromatic N) is 2. The Morgan fingerprint density at radius 2 is 1.89 bits per heavy atom. The Morgan fingerprint density at radius 1 is 1.21 bits per heavy atom. The molecule has 0 aromatic carbocycles. The Balaban J connectivity index is 1.54. The first-order chi connectivity index (χ1) is 13.2. The van der Waals surface area contributed by atoms with E-state index in [4.69, 9.17) is 11.6 Å². The lowest BCUT2D eigenvalue weighted by molar-refractivity contribution is -0.127. The molecule has 3 rings (SSSR count). The van der Waals surface area contributed by atoms with Gasteiger partial charge in [0.15, 0.2) is 0 Å². The largest absolute Gasteiger partial charge is 0.352 e. The number of sulfonamides is 1. The van der Waals surface area contributed by atoms with Crippen molar-refractivity contribution >= 4 is 38.9 Å². The molecule has 1 saturated carbocycles. The number of hydrogen-bond donors (Lipinski definition) is 1. The SMILES string of the molecule is C[C@@H]1[C@H](C)CCC[C@@H]1NC(=O)[C@H](C)N1CCN(S(=O)(=O)c2ccc(Cl)s2)CC1. The highest BCUT2D eigenvalue weighted by atomic mass is 35.5. The van der Waals surface area contributed by atoms with Gasteiger partial charge in [-0.2, -0.15) is 4.31 Å². The lowest BCUT2D eigenvalue weighted by atomic mass is 9.78. The first kappa shape index (κ1) is 22.0. The molecule has 0 bridgehead atoms. The van der Waals surface area contributed by atoms with E-state index in [-0.39, 0.29) is 22.2 Å². The number of thiophene rings is 1. The standard InChI is InChI=1S/C19H30ClN3O3S2/c1-13-5-4-6-16(14(13)2)21-19(24)15(3)22-9-11-23(12-10-22)28(25,26)18-8-7-17(20)27-18/h7-8,13-16H,4-6,9-12H2,1-3H3,(H,21,24)/t13-,14-,15+,16+/m1/s1. The van der Waals surface area contributed by atoms with Gasteiger partial charge in [-0.1, -0.05) is 38.3 Å². The summed E-state index contributed by atoms with van der Waals surface area (Å²) in [7, 11) is -3.51. The van der Waals surface area contributed by atoms with Crippen molar-refractivity contribution in [3.8, 4) is 0 Å². The van der Waals surface area contributed by atoms with E-state index in [0.29, 0.717) is 42.4 Å². The van der Waals surface area contributed by atoms with Crippen LogP contribution in [0.25, 0.3) is 0 Å². The van der Waals surface area contributed by atoms with Gasteiger partial charge in [-0.25, -0.2) is 8.42 Å². The number of nitrogens with one attached hydrogen (secondary N) is 1. The zero-order chi connectivity index (χ0) is 20.5. The summed E-state index contributed by atoms with van der Waals surface area (Å²) < 4.78 is 27.7. The number of carbonyl (C=O) groups is 1. The molecule has 28 heavy (non-hydrogen) atoms. The van der Waals surface area contributed by atoms with E-state index in [2.05, 4.69) is 24.1 Å². The van der Waals surface area contributed by atoms with Crippen molar-refractivity contribution in [2.24, 2.45) is 11.8 Å². The van der Waals surface area contributed by atoms with Crippen molar-refractivity contribution in [1.29, 1.82) is 0 Å². The number of carbonyl (C=O) groups excluding carboxylic acids is 1. The summed E-state index contributed by atoms with van der Waals surface area (Å²) in [6.07, 6.45) is 3.43. The molecule has 0 unspecified atom stereocenters. The summed E-state index contributed by atoms with van der Waals surface area (Å²) in [6, 6.07) is 3.14. The molecule has 1 aromatic rings. The van der Waals surface area contributed by atoms with Crippen LogP contribution in [0, 0.1) is 11.8 Å². The Morgan fingerprint density at radius 3 is 2.50 bits per heavy atom. The molecule has 1 saturated heterocycles. The molecular weight excluding hydrogens is 418 g/mol. The number of amides is 1. The number of piperazine rings is 1. The summed E-state index contributed by atoms with van der Waals surface area (Å²) in [4.78, 5) is 14.8. The van der Waals surface area contributed by atoms with Gasteiger partial charge in [0.25, 0.3) is 10.0 Å². The van der Waals surface area contributed by atoms with E-state index < -0.39 is 10.0 Å². The van der Waals surface area contributed by atoms with Gasteiger partial charge in [0.1, 0.15) is 4.21 Å². The third-order valence-electron chi connectivity index (χ3n) is 6.38. The van der Waals surface area contributed by atoms with Crippen LogP contribution in [0.1, 0.15) is 40.0 Å². The lowest BCUT2D eigenvalue weighted by Gasteiger charge is -2.39. The number of halogens is 1. The molecule has 2 heterocycles. The van der Waals surface area contributed by atoms with Crippen LogP contribution in [0.5, 0.6) is 0 Å². The predicted molar refractivity (Wildman–Crippen MR) is 113 cm³/mol. The predicted octanol–water partition coefficient (Wildman–Crippen LogP) is 3.04. The van der Waals surface area contributed by atoms with Crippen molar-refractivity contribution in [3.63, 3.8) is 0 Å². The molecule has 0 spiro atoms. The summed E-state index contributed by atoms with van der Waals surface area (Å²) in [5, 5.41) is 3.24. The minimum Gasteiger partial charge on any atom is -0.352 e. The van der Waals surface area contributed by atoms with Gasteiger partial charge in [-0.3, -0.25) is 9.69 Å². The van der Waals surface area contributed by atoms with E-state index in [1.165, 1.54) is 10.7 Å². The summed E-state index contributed by atoms with van der Waals surface area (Å²) in [6.45, 7) is 8.24. The zero-order valence-corrected chi connectivity index (χ0v) is 19.1. The van der Waals surface area contributed by atoms with Crippen LogP contribution in [-0.2, 0) is 14.8 Å². The number of rotatable bonds is 5. The maximum atomic E-state index is 12.8. The van der Waals surface area contributed by atoms with Crippen LogP contribution >= 0.6 is 22.9 Å². The highest BCUT2D eigenvalue weighted by Gasteiger charge is 2.34. The summed E-state index contributed by atoms with van der Waals surface area (Å²) in [5.74, 6) is 1.17. The minimum absolute atomic E-state index is 0.0484. The molecule has 1 N–H and O–H groups in total. The third-order valence-corrected chi connectivity index (χ3v) is 9.97. The quantitative estimate of drug-likeness (QED) is 0.753. The lowest BCUT2D eigenvalue weighted by Crippen LogP contribution is -2.56. The molecule has 2 fully saturated rings. The Labute approximate surface area is 177 Å². The molecule has 1 aliphatic heterocycles. The van der Waals surface area contributed by atoms with Crippen molar-refractivity contribution in [3.05, 3.63) is 16.5 Å². The first-order valence-corrected chi connectivity index (χ1v) is 12.6. The molecule has 0 radical (unpaired) electrons. The highest BCUT2D eigenvalue weighted by Crippen LogP contribution is 2.30. The highest BCUT2D eigenvalue weighted by molar-refractivity contribution is 7.91. The van der Waals surface area contributed by atoms with Gasteiger partial charge in [0.05, 0.1) is 10.4 Å². The van der Waals surface area contributed by atoms with Crippen LogP contribution in [0.4, 0.5) is 0 Å². The fraction of sp³-hybridized carbons (Fsp3) is 0.737.